The van der Waals surface area contributed by atoms with Crippen LogP contribution in [0.3, 0.4) is 0 Å². The average Bonchev–Trinajstić information content (AvgIpc) is 2.75. The number of methoxy groups -OCH3 is 1. The second-order valence-electron chi connectivity index (χ2n) is 6.01. The molecular weight excluding hydrogens is 360 g/mol. The number of aromatic nitrogens is 3. The van der Waals surface area contributed by atoms with Crippen LogP contribution in [0.4, 0.5) is 8.78 Å². The first-order valence-corrected chi connectivity index (χ1v) is 8.56. The highest BCUT2D eigenvalue weighted by atomic mass is 19.1. The lowest BCUT2D eigenvalue weighted by Gasteiger charge is -2.16. The van der Waals surface area contributed by atoms with Crippen LogP contribution in [0.1, 0.15) is 0 Å². The number of benzene rings is 2. The zero-order valence-electron chi connectivity index (χ0n) is 14.9. The van der Waals surface area contributed by atoms with Crippen molar-refractivity contribution in [1.29, 1.82) is 0 Å². The summed E-state index contributed by atoms with van der Waals surface area (Å²) in [6, 6.07) is 18.0. The summed E-state index contributed by atoms with van der Waals surface area (Å²) >= 11 is 0. The lowest BCUT2D eigenvalue weighted by Crippen LogP contribution is -2.03. The van der Waals surface area contributed by atoms with Crippen molar-refractivity contribution in [2.75, 3.05) is 7.11 Å². The van der Waals surface area contributed by atoms with Crippen LogP contribution in [-0.2, 0) is 0 Å². The van der Waals surface area contributed by atoms with Gasteiger partial charge in [-0.3, -0.25) is 4.98 Å². The number of rotatable bonds is 4. The van der Waals surface area contributed by atoms with Gasteiger partial charge in [0.2, 0.25) is 5.88 Å². The molecule has 4 aromatic rings. The minimum atomic E-state index is -0.593. The molecule has 0 amide bonds. The molecule has 0 aliphatic carbocycles. The van der Waals surface area contributed by atoms with Gasteiger partial charge in [-0.2, -0.15) is 0 Å². The van der Waals surface area contributed by atoms with E-state index in [1.165, 1.54) is 7.11 Å². The molecule has 6 heteroatoms. The van der Waals surface area contributed by atoms with Crippen molar-refractivity contribution in [1.82, 2.24) is 15.2 Å². The first-order valence-electron chi connectivity index (χ1n) is 8.56. The van der Waals surface area contributed by atoms with Gasteiger partial charge < -0.3 is 4.74 Å². The van der Waals surface area contributed by atoms with Crippen LogP contribution in [0.15, 0.2) is 72.9 Å². The summed E-state index contributed by atoms with van der Waals surface area (Å²) in [5, 5.41) is 8.28. The maximum absolute atomic E-state index is 14.6. The van der Waals surface area contributed by atoms with Crippen LogP contribution < -0.4 is 4.74 Å². The highest BCUT2D eigenvalue weighted by Gasteiger charge is 2.23. The first-order chi connectivity index (χ1) is 13.7. The fourth-order valence-electron chi connectivity index (χ4n) is 3.07. The molecule has 0 aliphatic rings. The van der Waals surface area contributed by atoms with E-state index in [0.717, 1.165) is 23.8 Å². The molecule has 0 fully saturated rings. The third-order valence-corrected chi connectivity index (χ3v) is 4.30. The van der Waals surface area contributed by atoms with Gasteiger partial charge in [0.15, 0.2) is 0 Å². The summed E-state index contributed by atoms with van der Waals surface area (Å²) in [6.45, 7) is 0. The van der Waals surface area contributed by atoms with Gasteiger partial charge in [0, 0.05) is 17.3 Å². The van der Waals surface area contributed by atoms with Crippen LogP contribution in [0.2, 0.25) is 0 Å². The highest BCUT2D eigenvalue weighted by molar-refractivity contribution is 5.93. The molecule has 0 spiro atoms. The van der Waals surface area contributed by atoms with Crippen LogP contribution in [-0.4, -0.2) is 22.3 Å². The van der Waals surface area contributed by atoms with E-state index in [4.69, 9.17) is 4.74 Å². The Kier molecular flexibility index (Phi) is 4.76. The van der Waals surface area contributed by atoms with Crippen molar-refractivity contribution in [3.8, 4) is 39.5 Å². The normalized spacial score (nSPS) is 10.7. The van der Waals surface area contributed by atoms with Crippen LogP contribution >= 0.6 is 0 Å². The highest BCUT2D eigenvalue weighted by Crippen LogP contribution is 2.42. The van der Waals surface area contributed by atoms with Crippen molar-refractivity contribution >= 4 is 0 Å². The molecule has 0 unspecified atom stereocenters. The van der Waals surface area contributed by atoms with Gasteiger partial charge in [-0.1, -0.05) is 36.4 Å². The predicted molar refractivity (Wildman–Crippen MR) is 103 cm³/mol. The first kappa shape index (κ1) is 17.7. The molecule has 4 nitrogen and oxygen atoms in total. The Balaban J connectivity index is 2.12. The number of ether oxygens (including phenoxy) is 1. The van der Waals surface area contributed by atoms with Crippen molar-refractivity contribution in [2.24, 2.45) is 0 Å². The number of hydrogen-bond acceptors (Lipinski definition) is 4. The van der Waals surface area contributed by atoms with Gasteiger partial charge in [0.25, 0.3) is 0 Å². The Morgan fingerprint density at radius 1 is 0.821 bits per heavy atom. The Bertz CT molecular complexity index is 1120. The smallest absolute Gasteiger partial charge is 0.243 e. The summed E-state index contributed by atoms with van der Waals surface area (Å²) in [6.07, 6.45) is 1.65. The Labute approximate surface area is 160 Å². The lowest BCUT2D eigenvalue weighted by atomic mass is 9.93. The lowest BCUT2D eigenvalue weighted by molar-refractivity contribution is 0.394. The molecule has 2 aromatic carbocycles. The maximum atomic E-state index is 14.6. The topological polar surface area (TPSA) is 47.9 Å². The van der Waals surface area contributed by atoms with E-state index in [-0.39, 0.29) is 17.1 Å². The second kappa shape index (κ2) is 7.52. The number of nitrogens with zero attached hydrogens (tertiary/aromatic N) is 3. The van der Waals surface area contributed by atoms with Crippen LogP contribution in [0, 0.1) is 11.6 Å². The molecule has 0 bridgehead atoms. The Morgan fingerprint density at radius 3 is 2.32 bits per heavy atom. The molecule has 4 rings (SSSR count). The number of pyridine rings is 1. The fraction of sp³-hybridized carbons (Fsp3) is 0.0455. The van der Waals surface area contributed by atoms with E-state index < -0.39 is 11.6 Å². The van der Waals surface area contributed by atoms with Gasteiger partial charge in [-0.15, -0.1) is 10.2 Å². The minimum absolute atomic E-state index is 0.0196. The van der Waals surface area contributed by atoms with E-state index in [0.29, 0.717) is 16.8 Å². The second-order valence-corrected chi connectivity index (χ2v) is 6.01. The van der Waals surface area contributed by atoms with Crippen molar-refractivity contribution < 1.29 is 13.5 Å². The van der Waals surface area contributed by atoms with E-state index in [1.807, 2.05) is 36.4 Å². The van der Waals surface area contributed by atoms with E-state index in [2.05, 4.69) is 15.2 Å². The average molecular weight is 375 g/mol. The third-order valence-electron chi connectivity index (χ3n) is 4.30. The molecule has 0 aliphatic heterocycles. The van der Waals surface area contributed by atoms with Crippen molar-refractivity contribution in [2.45, 2.75) is 0 Å². The zero-order valence-corrected chi connectivity index (χ0v) is 14.9. The quantitative estimate of drug-likeness (QED) is 0.494. The third kappa shape index (κ3) is 3.20. The molecule has 0 saturated carbocycles. The summed E-state index contributed by atoms with van der Waals surface area (Å²) < 4.78 is 33.9. The monoisotopic (exact) mass is 375 g/mol. The van der Waals surface area contributed by atoms with E-state index in [9.17, 15) is 8.78 Å². The Hall–Kier alpha value is -3.67. The molecule has 0 N–H and O–H groups in total. The molecule has 2 aromatic heterocycles. The number of halogens is 2. The molecule has 0 atom stereocenters. The molecule has 0 radical (unpaired) electrons. The van der Waals surface area contributed by atoms with E-state index in [1.54, 1.807) is 18.3 Å². The summed E-state index contributed by atoms with van der Waals surface area (Å²) in [5.74, 6) is -0.907. The van der Waals surface area contributed by atoms with Crippen LogP contribution in [0.5, 0.6) is 5.88 Å². The fourth-order valence-corrected chi connectivity index (χ4v) is 3.07. The maximum Gasteiger partial charge on any atom is 0.243 e. The molecule has 28 heavy (non-hydrogen) atoms. The van der Waals surface area contributed by atoms with Crippen molar-refractivity contribution in [3.63, 3.8) is 0 Å². The minimum Gasteiger partial charge on any atom is -0.479 e. The largest absolute Gasteiger partial charge is 0.479 e. The standard InChI is InChI=1S/C22H15F2N3O/c1-28-22-20(18-9-5-6-12-25-18)19(14-7-3-2-4-8-14)21(26-27-22)16-13-15(23)10-11-17(16)24/h2-13H,1H3. The Morgan fingerprint density at radius 2 is 1.61 bits per heavy atom. The van der Waals surface area contributed by atoms with Gasteiger partial charge >= 0.3 is 0 Å². The summed E-state index contributed by atoms with van der Waals surface area (Å²) in [7, 11) is 1.48. The predicted octanol–water partition coefficient (Wildman–Crippen LogP) is 5.16. The van der Waals surface area contributed by atoms with E-state index >= 15 is 0 Å². The van der Waals surface area contributed by atoms with Crippen LogP contribution in [0.25, 0.3) is 33.6 Å². The van der Waals surface area contributed by atoms with Gasteiger partial charge in [-0.25, -0.2) is 8.78 Å². The van der Waals surface area contributed by atoms with Gasteiger partial charge in [0.05, 0.1) is 18.4 Å². The molecular formula is C22H15F2N3O. The SMILES string of the molecule is COc1nnc(-c2cc(F)ccc2F)c(-c2ccccc2)c1-c1ccccn1. The summed E-state index contributed by atoms with van der Waals surface area (Å²) in [4.78, 5) is 4.40. The van der Waals surface area contributed by atoms with Gasteiger partial charge in [-0.05, 0) is 35.9 Å². The van der Waals surface area contributed by atoms with Crippen molar-refractivity contribution in [3.05, 3.63) is 84.6 Å². The molecule has 0 saturated heterocycles. The van der Waals surface area contributed by atoms with Gasteiger partial charge in [0.1, 0.15) is 17.3 Å². The zero-order chi connectivity index (χ0) is 19.5. The number of hydrogen-bond donors (Lipinski definition) is 0. The molecule has 2 heterocycles. The summed E-state index contributed by atoms with van der Waals surface area (Å²) in [5.41, 5.74) is 2.70. The molecule has 138 valence electrons.